The molecule has 1 heterocycles. The zero-order valence-corrected chi connectivity index (χ0v) is 20.7. The number of hydrogen-bond acceptors (Lipinski definition) is 6. The number of rotatable bonds is 9. The Balaban J connectivity index is 1.64. The number of ether oxygens (including phenoxy) is 3. The molecule has 1 saturated heterocycles. The van der Waals surface area contributed by atoms with Crippen LogP contribution >= 0.6 is 0 Å². The molecule has 0 unspecified atom stereocenters. The zero-order valence-electron chi connectivity index (χ0n) is 20.7. The fraction of sp³-hybridized carbons (Fsp3) is 0.250. The molecule has 0 saturated carbocycles. The van der Waals surface area contributed by atoms with E-state index in [2.05, 4.69) is 5.32 Å². The largest absolute Gasteiger partial charge is 0.497 e. The Labute approximate surface area is 213 Å². The molecule has 3 aromatic rings. The molecule has 9 heteroatoms. The second-order valence-corrected chi connectivity index (χ2v) is 8.66. The summed E-state index contributed by atoms with van der Waals surface area (Å²) in [4.78, 5) is 41.3. The van der Waals surface area contributed by atoms with Crippen molar-refractivity contribution in [3.05, 3.63) is 95.3 Å². The summed E-state index contributed by atoms with van der Waals surface area (Å²) in [5, 5.41) is 2.74. The molecule has 0 bridgehead atoms. The second kappa shape index (κ2) is 10.7. The fourth-order valence-corrected chi connectivity index (χ4v) is 4.26. The Kier molecular flexibility index (Phi) is 7.42. The fourth-order valence-electron chi connectivity index (χ4n) is 4.26. The van der Waals surface area contributed by atoms with E-state index in [1.807, 2.05) is 0 Å². The molecule has 192 valence electrons. The monoisotopic (exact) mass is 506 g/mol. The molecule has 37 heavy (non-hydrogen) atoms. The minimum atomic E-state index is -2.12. The van der Waals surface area contributed by atoms with Crippen LogP contribution in [0.3, 0.4) is 0 Å². The maximum absolute atomic E-state index is 13.8. The molecule has 4 rings (SSSR count). The summed E-state index contributed by atoms with van der Waals surface area (Å²) >= 11 is 0. The third-order valence-electron chi connectivity index (χ3n) is 6.29. The Morgan fingerprint density at radius 3 is 2.19 bits per heavy atom. The van der Waals surface area contributed by atoms with Crippen molar-refractivity contribution in [2.75, 3.05) is 14.2 Å². The van der Waals surface area contributed by atoms with Crippen molar-refractivity contribution in [3.8, 4) is 11.5 Å². The minimum Gasteiger partial charge on any atom is -0.497 e. The van der Waals surface area contributed by atoms with Crippen molar-refractivity contribution in [2.24, 2.45) is 0 Å². The molecule has 0 radical (unpaired) electrons. The molecule has 0 aliphatic carbocycles. The number of nitrogens with one attached hydrogen (secondary N) is 1. The number of amides is 3. The van der Waals surface area contributed by atoms with E-state index < -0.39 is 35.4 Å². The molecular weight excluding hydrogens is 479 g/mol. The summed E-state index contributed by atoms with van der Waals surface area (Å²) in [5.41, 5.74) is -0.299. The van der Waals surface area contributed by atoms with Gasteiger partial charge in [-0.3, -0.25) is 9.59 Å². The molecule has 1 aliphatic rings. The molecule has 3 aromatic carbocycles. The van der Waals surface area contributed by atoms with E-state index in [4.69, 9.17) is 14.2 Å². The first-order valence-corrected chi connectivity index (χ1v) is 11.6. The van der Waals surface area contributed by atoms with Crippen molar-refractivity contribution < 1.29 is 33.0 Å². The van der Waals surface area contributed by atoms with Crippen LogP contribution in [0.5, 0.6) is 11.5 Å². The Bertz CT molecular complexity index is 1280. The first-order chi connectivity index (χ1) is 17.8. The summed E-state index contributed by atoms with van der Waals surface area (Å²) in [5.74, 6) is -0.932. The summed E-state index contributed by atoms with van der Waals surface area (Å²) < 4.78 is 29.6. The first-order valence-electron chi connectivity index (χ1n) is 11.6. The maximum Gasteiger partial charge on any atom is 0.418 e. The number of methoxy groups -OCH3 is 2. The lowest BCUT2D eigenvalue weighted by atomic mass is 9.91. The first kappa shape index (κ1) is 25.7. The third kappa shape index (κ3) is 5.25. The van der Waals surface area contributed by atoms with Crippen LogP contribution < -0.4 is 14.8 Å². The van der Waals surface area contributed by atoms with Crippen molar-refractivity contribution >= 4 is 17.9 Å². The molecule has 1 aliphatic heterocycles. The van der Waals surface area contributed by atoms with Gasteiger partial charge in [0.1, 0.15) is 17.3 Å². The van der Waals surface area contributed by atoms with Crippen LogP contribution in [0.25, 0.3) is 0 Å². The van der Waals surface area contributed by atoms with Gasteiger partial charge in [-0.25, -0.2) is 14.1 Å². The molecule has 1 fully saturated rings. The van der Waals surface area contributed by atoms with E-state index in [9.17, 15) is 18.8 Å². The van der Waals surface area contributed by atoms with Gasteiger partial charge in [0.15, 0.2) is 0 Å². The molecule has 8 nitrogen and oxygen atoms in total. The van der Waals surface area contributed by atoms with Crippen molar-refractivity contribution in [1.29, 1.82) is 0 Å². The quantitative estimate of drug-likeness (QED) is 0.438. The van der Waals surface area contributed by atoms with Gasteiger partial charge in [-0.05, 0) is 47.9 Å². The Hall–Kier alpha value is -4.40. The highest BCUT2D eigenvalue weighted by Crippen LogP contribution is 2.35. The average Bonchev–Trinajstić information content (AvgIpc) is 3.17. The van der Waals surface area contributed by atoms with Crippen LogP contribution in [0, 0.1) is 5.82 Å². The van der Waals surface area contributed by atoms with Crippen LogP contribution in [0.1, 0.15) is 29.7 Å². The highest BCUT2D eigenvalue weighted by Gasteiger charge is 2.60. The van der Waals surface area contributed by atoms with Gasteiger partial charge in [0.05, 0.1) is 20.3 Å². The van der Waals surface area contributed by atoms with Gasteiger partial charge in [0, 0.05) is 19.0 Å². The standard InChI is InChI=1S/C28H27FN2O6/c1-18(21-9-11-22(29)12-10-21)31-26(33)28(37-27(31)34,16-19-7-5-4-6-8-19)25(32)30-17-20-13-23(35-2)15-24(14-20)36-3/h4-15,18H,16-17H2,1-3H3,(H,30,32)/t18-,28-/m1/s1. The van der Waals surface area contributed by atoms with Gasteiger partial charge in [-0.1, -0.05) is 42.5 Å². The van der Waals surface area contributed by atoms with Crippen molar-refractivity contribution in [1.82, 2.24) is 10.2 Å². The number of carbonyl (C=O) groups excluding carboxylic acids is 3. The normalized spacial score (nSPS) is 17.8. The average molecular weight is 507 g/mol. The topological polar surface area (TPSA) is 94.2 Å². The highest BCUT2D eigenvalue weighted by atomic mass is 19.1. The van der Waals surface area contributed by atoms with Crippen LogP contribution in [0.2, 0.25) is 0 Å². The van der Waals surface area contributed by atoms with Crippen LogP contribution in [0.15, 0.2) is 72.8 Å². The molecule has 0 aromatic heterocycles. The third-order valence-corrected chi connectivity index (χ3v) is 6.29. The predicted octanol–water partition coefficient (Wildman–Crippen LogP) is 4.18. The van der Waals surface area contributed by atoms with E-state index >= 15 is 0 Å². The summed E-state index contributed by atoms with van der Waals surface area (Å²) in [6.45, 7) is 1.65. The summed E-state index contributed by atoms with van der Waals surface area (Å²) in [7, 11) is 3.03. The van der Waals surface area contributed by atoms with E-state index in [0.717, 1.165) is 4.90 Å². The summed E-state index contributed by atoms with van der Waals surface area (Å²) in [6, 6.07) is 18.6. The highest BCUT2D eigenvalue weighted by molar-refractivity contribution is 6.17. The number of benzene rings is 3. The van der Waals surface area contributed by atoms with Crippen LogP contribution in [0.4, 0.5) is 9.18 Å². The van der Waals surface area contributed by atoms with Gasteiger partial charge in [-0.15, -0.1) is 0 Å². The molecule has 1 N–H and O–H groups in total. The lowest BCUT2D eigenvalue weighted by Crippen LogP contribution is -2.55. The van der Waals surface area contributed by atoms with Crippen molar-refractivity contribution in [3.63, 3.8) is 0 Å². The van der Waals surface area contributed by atoms with Gasteiger partial charge in [0.25, 0.3) is 17.4 Å². The second-order valence-electron chi connectivity index (χ2n) is 8.66. The number of cyclic esters (lactones) is 1. The number of imide groups is 1. The number of halogens is 1. The van der Waals surface area contributed by atoms with E-state index in [1.165, 1.54) is 38.5 Å². The minimum absolute atomic E-state index is 0.0290. The molecule has 3 amide bonds. The van der Waals surface area contributed by atoms with Gasteiger partial charge in [0.2, 0.25) is 0 Å². The van der Waals surface area contributed by atoms with Gasteiger partial charge < -0.3 is 19.5 Å². The Morgan fingerprint density at radius 2 is 1.59 bits per heavy atom. The molecular formula is C28H27FN2O6. The van der Waals surface area contributed by atoms with Gasteiger partial charge in [-0.2, -0.15) is 0 Å². The zero-order chi connectivity index (χ0) is 26.6. The number of hydrogen-bond donors (Lipinski definition) is 1. The smallest absolute Gasteiger partial charge is 0.418 e. The number of carbonyl (C=O) groups is 3. The van der Waals surface area contributed by atoms with E-state index in [1.54, 1.807) is 55.5 Å². The maximum atomic E-state index is 13.8. The predicted molar refractivity (Wildman–Crippen MR) is 132 cm³/mol. The van der Waals surface area contributed by atoms with Gasteiger partial charge >= 0.3 is 6.09 Å². The lowest BCUT2D eigenvalue weighted by molar-refractivity contribution is -0.150. The Morgan fingerprint density at radius 1 is 0.973 bits per heavy atom. The van der Waals surface area contributed by atoms with Crippen LogP contribution in [-0.4, -0.2) is 42.6 Å². The van der Waals surface area contributed by atoms with E-state index in [0.29, 0.717) is 28.2 Å². The van der Waals surface area contributed by atoms with Crippen LogP contribution in [-0.2, 0) is 27.3 Å². The molecule has 2 atom stereocenters. The SMILES string of the molecule is COc1cc(CNC(=O)[C@@]2(Cc3ccccc3)OC(=O)N([C@H](C)c3ccc(F)cc3)C2=O)cc(OC)c1. The van der Waals surface area contributed by atoms with E-state index in [-0.39, 0.29) is 13.0 Å². The lowest BCUT2D eigenvalue weighted by Gasteiger charge is -2.26. The number of nitrogens with zero attached hydrogens (tertiary/aromatic N) is 1. The van der Waals surface area contributed by atoms with Crippen molar-refractivity contribution in [2.45, 2.75) is 31.5 Å². The molecule has 0 spiro atoms. The summed E-state index contributed by atoms with van der Waals surface area (Å²) in [6.07, 6.45) is -1.10.